The quantitative estimate of drug-likeness (QED) is 0.651. The molecule has 0 bridgehead atoms. The van der Waals surface area contributed by atoms with E-state index in [1.165, 1.54) is 0 Å². The zero-order valence-corrected chi connectivity index (χ0v) is 14.4. The van der Waals surface area contributed by atoms with Crippen molar-refractivity contribution in [1.29, 1.82) is 0 Å². The van der Waals surface area contributed by atoms with E-state index in [1.807, 2.05) is 0 Å². The van der Waals surface area contributed by atoms with Gasteiger partial charge in [-0.2, -0.15) is 0 Å². The minimum atomic E-state index is -3.23. The highest BCUT2D eigenvalue weighted by Crippen LogP contribution is 2.25. The highest BCUT2D eigenvalue weighted by Gasteiger charge is 2.28. The molecule has 1 N–H and O–H groups in total. The zero-order chi connectivity index (χ0) is 16.4. The SMILES string of the molecule is Cc1nc(C)c(C(=O)O)c(SCCS(=O)(=O)C(C)(C)C)n1. The van der Waals surface area contributed by atoms with Crippen LogP contribution in [0.2, 0.25) is 0 Å². The van der Waals surface area contributed by atoms with Crippen LogP contribution in [0.3, 0.4) is 0 Å². The number of hydrogen-bond acceptors (Lipinski definition) is 6. The zero-order valence-electron chi connectivity index (χ0n) is 12.8. The molecule has 0 radical (unpaired) electrons. The van der Waals surface area contributed by atoms with Crippen LogP contribution in [0.5, 0.6) is 0 Å². The first kappa shape index (κ1) is 17.9. The molecule has 21 heavy (non-hydrogen) atoms. The molecule has 0 aliphatic carbocycles. The maximum atomic E-state index is 12.0. The lowest BCUT2D eigenvalue weighted by molar-refractivity contribution is 0.0690. The number of aromatic carboxylic acids is 1. The summed E-state index contributed by atoms with van der Waals surface area (Å²) in [4.78, 5) is 19.4. The average molecular weight is 332 g/mol. The van der Waals surface area contributed by atoms with Gasteiger partial charge in [-0.05, 0) is 34.6 Å². The maximum Gasteiger partial charge on any atom is 0.340 e. The Morgan fingerprint density at radius 1 is 1.24 bits per heavy atom. The molecule has 0 spiro atoms. The molecule has 118 valence electrons. The summed E-state index contributed by atoms with van der Waals surface area (Å²) in [6.45, 7) is 8.22. The number of carboxylic acid groups (broad SMARTS) is 1. The number of carbonyl (C=O) groups is 1. The second-order valence-electron chi connectivity index (χ2n) is 5.62. The van der Waals surface area contributed by atoms with Gasteiger partial charge in [0.15, 0.2) is 9.84 Å². The summed E-state index contributed by atoms with van der Waals surface area (Å²) in [5, 5.41) is 9.53. The van der Waals surface area contributed by atoms with Gasteiger partial charge in [0.05, 0.1) is 16.2 Å². The first-order valence-electron chi connectivity index (χ1n) is 6.39. The second-order valence-corrected chi connectivity index (χ2v) is 9.57. The number of hydrogen-bond donors (Lipinski definition) is 1. The molecule has 0 saturated heterocycles. The number of rotatable bonds is 5. The third-order valence-electron chi connectivity index (χ3n) is 2.91. The Morgan fingerprint density at radius 3 is 2.29 bits per heavy atom. The molecular weight excluding hydrogens is 312 g/mol. The first-order valence-corrected chi connectivity index (χ1v) is 9.03. The predicted octanol–water partition coefficient (Wildman–Crippen LogP) is 2.10. The van der Waals surface area contributed by atoms with Gasteiger partial charge >= 0.3 is 5.97 Å². The molecule has 1 aromatic rings. The van der Waals surface area contributed by atoms with Gasteiger partial charge < -0.3 is 5.11 Å². The van der Waals surface area contributed by atoms with E-state index >= 15 is 0 Å². The fraction of sp³-hybridized carbons (Fsp3) is 0.615. The Bertz CT molecular complexity index is 649. The van der Waals surface area contributed by atoms with Gasteiger partial charge in [0.1, 0.15) is 16.4 Å². The average Bonchev–Trinajstić information content (AvgIpc) is 2.25. The molecular formula is C13H20N2O4S2. The van der Waals surface area contributed by atoms with E-state index in [4.69, 9.17) is 0 Å². The van der Waals surface area contributed by atoms with Gasteiger partial charge in [-0.3, -0.25) is 0 Å². The lowest BCUT2D eigenvalue weighted by Gasteiger charge is -2.18. The van der Waals surface area contributed by atoms with Crippen molar-refractivity contribution in [2.75, 3.05) is 11.5 Å². The van der Waals surface area contributed by atoms with E-state index in [0.29, 0.717) is 16.5 Å². The van der Waals surface area contributed by atoms with Gasteiger partial charge in [-0.1, -0.05) is 0 Å². The van der Waals surface area contributed by atoms with Crippen LogP contribution in [-0.4, -0.2) is 45.7 Å². The van der Waals surface area contributed by atoms with Crippen LogP contribution < -0.4 is 0 Å². The van der Waals surface area contributed by atoms with Crippen LogP contribution >= 0.6 is 11.8 Å². The van der Waals surface area contributed by atoms with Crippen LogP contribution in [0.4, 0.5) is 0 Å². The molecule has 0 fully saturated rings. The molecule has 1 heterocycles. The normalized spacial score (nSPS) is 12.4. The molecule has 0 saturated carbocycles. The summed E-state index contributed by atoms with van der Waals surface area (Å²) in [5.41, 5.74) is 0.426. The number of aromatic nitrogens is 2. The van der Waals surface area contributed by atoms with Gasteiger partial charge in [-0.25, -0.2) is 23.2 Å². The number of sulfone groups is 1. The van der Waals surface area contributed by atoms with Crippen molar-refractivity contribution in [3.05, 3.63) is 17.1 Å². The molecule has 8 heteroatoms. The van der Waals surface area contributed by atoms with Gasteiger partial charge in [-0.15, -0.1) is 11.8 Å². The standard InChI is InChI=1S/C13H20N2O4S2/c1-8-10(12(16)17)11(15-9(2)14-8)20-6-7-21(18,19)13(3,4)5/h6-7H2,1-5H3,(H,16,17). The molecule has 1 rings (SSSR count). The van der Waals surface area contributed by atoms with Crippen molar-refractivity contribution in [2.24, 2.45) is 0 Å². The molecule has 6 nitrogen and oxygen atoms in total. The highest BCUT2D eigenvalue weighted by atomic mass is 32.2. The monoisotopic (exact) mass is 332 g/mol. The van der Waals surface area contributed by atoms with Crippen LogP contribution in [0, 0.1) is 13.8 Å². The van der Waals surface area contributed by atoms with Crippen LogP contribution in [0.15, 0.2) is 5.03 Å². The fourth-order valence-electron chi connectivity index (χ4n) is 1.59. The largest absolute Gasteiger partial charge is 0.478 e. The van der Waals surface area contributed by atoms with Crippen molar-refractivity contribution >= 4 is 27.6 Å². The lowest BCUT2D eigenvalue weighted by atomic mass is 10.2. The predicted molar refractivity (Wildman–Crippen MR) is 82.7 cm³/mol. The number of aryl methyl sites for hydroxylation is 2. The van der Waals surface area contributed by atoms with E-state index in [-0.39, 0.29) is 17.1 Å². The summed E-state index contributed by atoms with van der Waals surface area (Å²) < 4.78 is 23.2. The fourth-order valence-corrected chi connectivity index (χ4v) is 4.18. The van der Waals surface area contributed by atoms with E-state index in [1.54, 1.807) is 34.6 Å². The van der Waals surface area contributed by atoms with Crippen molar-refractivity contribution in [3.63, 3.8) is 0 Å². The number of nitrogens with zero attached hydrogens (tertiary/aromatic N) is 2. The number of thioether (sulfide) groups is 1. The summed E-state index contributed by atoms with van der Waals surface area (Å²) in [6.07, 6.45) is 0. The molecule has 0 unspecified atom stereocenters. The van der Waals surface area contributed by atoms with E-state index in [2.05, 4.69) is 9.97 Å². The van der Waals surface area contributed by atoms with Crippen molar-refractivity contribution in [3.8, 4) is 0 Å². The minimum absolute atomic E-state index is 0.0255. The van der Waals surface area contributed by atoms with Crippen LogP contribution in [0.25, 0.3) is 0 Å². The Balaban J connectivity index is 2.93. The molecule has 0 amide bonds. The van der Waals surface area contributed by atoms with Crippen LogP contribution in [-0.2, 0) is 9.84 Å². The van der Waals surface area contributed by atoms with E-state index in [9.17, 15) is 18.3 Å². The lowest BCUT2D eigenvalue weighted by Crippen LogP contribution is -2.31. The van der Waals surface area contributed by atoms with Gasteiger partial charge in [0.2, 0.25) is 0 Å². The third-order valence-corrected chi connectivity index (χ3v) is 6.75. The second kappa shape index (κ2) is 6.31. The molecule has 0 aliphatic rings. The van der Waals surface area contributed by atoms with Gasteiger partial charge in [0.25, 0.3) is 0 Å². The topological polar surface area (TPSA) is 97.2 Å². The highest BCUT2D eigenvalue weighted by molar-refractivity contribution is 8.00. The van der Waals surface area contributed by atoms with Crippen molar-refractivity contribution < 1.29 is 18.3 Å². The minimum Gasteiger partial charge on any atom is -0.478 e. The molecule has 1 aromatic heterocycles. The van der Waals surface area contributed by atoms with Crippen molar-refractivity contribution in [1.82, 2.24) is 9.97 Å². The summed E-state index contributed by atoms with van der Waals surface area (Å²) in [7, 11) is -3.23. The Kier molecular flexibility index (Phi) is 5.38. The Morgan fingerprint density at radius 2 is 1.81 bits per heavy atom. The van der Waals surface area contributed by atoms with Gasteiger partial charge in [0, 0.05) is 5.75 Å². The molecule has 0 aliphatic heterocycles. The molecule has 0 aromatic carbocycles. The summed E-state index contributed by atoms with van der Waals surface area (Å²) in [6, 6.07) is 0. The maximum absolute atomic E-state index is 12.0. The van der Waals surface area contributed by atoms with Crippen LogP contribution in [0.1, 0.15) is 42.6 Å². The third kappa shape index (κ3) is 4.41. The first-order chi connectivity index (χ1) is 9.45. The smallest absolute Gasteiger partial charge is 0.340 e. The summed E-state index contributed by atoms with van der Waals surface area (Å²) in [5.74, 6) is -0.398. The Hall–Kier alpha value is -1.15. The molecule has 0 atom stereocenters. The van der Waals surface area contributed by atoms with E-state index in [0.717, 1.165) is 11.8 Å². The van der Waals surface area contributed by atoms with E-state index < -0.39 is 20.6 Å². The summed E-state index contributed by atoms with van der Waals surface area (Å²) >= 11 is 1.14. The van der Waals surface area contributed by atoms with Crippen molar-refractivity contribution in [2.45, 2.75) is 44.4 Å². The Labute approximate surface area is 129 Å². The number of carboxylic acids is 1.